The highest BCUT2D eigenvalue weighted by Crippen LogP contribution is 2.45. The first kappa shape index (κ1) is 13.8. The molecular weight excluding hydrogens is 224 g/mol. The van der Waals surface area contributed by atoms with Crippen molar-refractivity contribution in [2.24, 2.45) is 5.41 Å². The lowest BCUT2D eigenvalue weighted by atomic mass is 9.68. The third kappa shape index (κ3) is 3.05. The van der Waals surface area contributed by atoms with Crippen molar-refractivity contribution < 1.29 is 4.74 Å². The monoisotopic (exact) mass is 250 g/mol. The Hall–Kier alpha value is -0.590. The van der Waals surface area contributed by atoms with E-state index in [1.807, 2.05) is 0 Å². The molecule has 0 amide bonds. The molecule has 102 valence electrons. The van der Waals surface area contributed by atoms with Crippen LogP contribution in [0.5, 0.6) is 0 Å². The fourth-order valence-electron chi connectivity index (χ4n) is 3.73. The Labute approximate surface area is 111 Å². The van der Waals surface area contributed by atoms with E-state index in [1.165, 1.54) is 38.8 Å². The molecule has 18 heavy (non-hydrogen) atoms. The fraction of sp³-hybridized carbons (Fsp3) is 0.933. The second kappa shape index (κ2) is 5.59. The molecule has 2 aliphatic heterocycles. The normalized spacial score (nSPS) is 37.6. The smallest absolute Gasteiger partial charge is 0.0657 e. The molecule has 0 N–H and O–H groups in total. The van der Waals surface area contributed by atoms with Gasteiger partial charge in [-0.15, -0.1) is 0 Å². The summed E-state index contributed by atoms with van der Waals surface area (Å²) in [5, 5.41) is 8.72. The summed E-state index contributed by atoms with van der Waals surface area (Å²) in [6, 6.07) is 2.27. The van der Waals surface area contributed by atoms with E-state index >= 15 is 0 Å². The SMILES string of the molecule is CCC1(C)CC2(CCCN(CCC#N)C2)CCO1. The lowest BCUT2D eigenvalue weighted by Crippen LogP contribution is -2.51. The fourth-order valence-corrected chi connectivity index (χ4v) is 3.73. The maximum Gasteiger partial charge on any atom is 0.0657 e. The molecule has 2 unspecified atom stereocenters. The molecular formula is C15H26N2O. The molecule has 3 nitrogen and oxygen atoms in total. The first-order valence-corrected chi connectivity index (χ1v) is 7.35. The van der Waals surface area contributed by atoms with Gasteiger partial charge in [0.25, 0.3) is 0 Å². The zero-order chi connectivity index (χ0) is 13.1. The molecule has 0 aromatic heterocycles. The zero-order valence-corrected chi connectivity index (χ0v) is 11.9. The molecule has 0 saturated carbocycles. The zero-order valence-electron chi connectivity index (χ0n) is 11.9. The highest BCUT2D eigenvalue weighted by Gasteiger charge is 2.44. The van der Waals surface area contributed by atoms with Crippen molar-refractivity contribution in [3.05, 3.63) is 0 Å². The molecule has 0 bridgehead atoms. The molecule has 2 saturated heterocycles. The van der Waals surface area contributed by atoms with Crippen LogP contribution in [0.4, 0.5) is 0 Å². The molecule has 0 aromatic rings. The van der Waals surface area contributed by atoms with Crippen molar-refractivity contribution in [3.63, 3.8) is 0 Å². The highest BCUT2D eigenvalue weighted by atomic mass is 16.5. The number of rotatable bonds is 3. The Kier molecular flexibility index (Phi) is 4.29. The molecule has 2 rings (SSSR count). The van der Waals surface area contributed by atoms with Gasteiger partial charge in [0.15, 0.2) is 0 Å². The van der Waals surface area contributed by atoms with E-state index in [0.717, 1.165) is 19.6 Å². The topological polar surface area (TPSA) is 36.3 Å². The molecule has 0 aliphatic carbocycles. The molecule has 1 spiro atoms. The van der Waals surface area contributed by atoms with Crippen molar-refractivity contribution in [1.29, 1.82) is 5.26 Å². The molecule has 0 radical (unpaired) electrons. The van der Waals surface area contributed by atoms with Gasteiger partial charge in [0.05, 0.1) is 11.7 Å². The number of likely N-dealkylation sites (tertiary alicyclic amines) is 1. The van der Waals surface area contributed by atoms with Gasteiger partial charge in [-0.05, 0) is 51.0 Å². The minimum absolute atomic E-state index is 0.0798. The van der Waals surface area contributed by atoms with Crippen LogP contribution >= 0.6 is 0 Å². The average molecular weight is 250 g/mol. The van der Waals surface area contributed by atoms with Crippen LogP contribution in [0.25, 0.3) is 0 Å². The van der Waals surface area contributed by atoms with Gasteiger partial charge >= 0.3 is 0 Å². The lowest BCUT2D eigenvalue weighted by molar-refractivity contribution is -0.133. The van der Waals surface area contributed by atoms with E-state index < -0.39 is 0 Å². The van der Waals surface area contributed by atoms with Crippen LogP contribution in [-0.4, -0.2) is 36.7 Å². The minimum atomic E-state index is 0.0798. The van der Waals surface area contributed by atoms with Gasteiger partial charge in [-0.3, -0.25) is 0 Å². The van der Waals surface area contributed by atoms with Gasteiger partial charge in [-0.2, -0.15) is 5.26 Å². The van der Waals surface area contributed by atoms with Crippen molar-refractivity contribution >= 4 is 0 Å². The number of nitrogens with zero attached hydrogens (tertiary/aromatic N) is 2. The Bertz CT molecular complexity index is 321. The average Bonchev–Trinajstić information content (AvgIpc) is 2.36. The van der Waals surface area contributed by atoms with Gasteiger partial charge in [0.2, 0.25) is 0 Å². The van der Waals surface area contributed by atoms with E-state index in [0.29, 0.717) is 11.8 Å². The summed E-state index contributed by atoms with van der Waals surface area (Å²) in [6.07, 6.45) is 6.79. The summed E-state index contributed by atoms with van der Waals surface area (Å²) in [5.41, 5.74) is 0.535. The van der Waals surface area contributed by atoms with Crippen LogP contribution in [0, 0.1) is 16.7 Å². The molecule has 0 aromatic carbocycles. The van der Waals surface area contributed by atoms with E-state index in [9.17, 15) is 0 Å². The van der Waals surface area contributed by atoms with Crippen LogP contribution in [0.2, 0.25) is 0 Å². The summed E-state index contributed by atoms with van der Waals surface area (Å²) in [6.45, 7) is 8.70. The Morgan fingerprint density at radius 1 is 1.39 bits per heavy atom. The Balaban J connectivity index is 1.99. The van der Waals surface area contributed by atoms with Crippen molar-refractivity contribution in [2.75, 3.05) is 26.2 Å². The summed E-state index contributed by atoms with van der Waals surface area (Å²) in [5.74, 6) is 0. The summed E-state index contributed by atoms with van der Waals surface area (Å²) < 4.78 is 5.99. The van der Waals surface area contributed by atoms with Crippen LogP contribution < -0.4 is 0 Å². The van der Waals surface area contributed by atoms with Gasteiger partial charge in [0, 0.05) is 26.1 Å². The quantitative estimate of drug-likeness (QED) is 0.772. The number of piperidine rings is 1. The lowest BCUT2D eigenvalue weighted by Gasteiger charge is -2.50. The van der Waals surface area contributed by atoms with Crippen molar-refractivity contribution in [3.8, 4) is 6.07 Å². The number of nitriles is 1. The van der Waals surface area contributed by atoms with Gasteiger partial charge in [-0.1, -0.05) is 6.92 Å². The maximum absolute atomic E-state index is 8.72. The van der Waals surface area contributed by atoms with Crippen LogP contribution in [0.1, 0.15) is 52.4 Å². The van der Waals surface area contributed by atoms with Crippen molar-refractivity contribution in [2.45, 2.75) is 58.0 Å². The Morgan fingerprint density at radius 3 is 2.94 bits per heavy atom. The predicted molar refractivity (Wildman–Crippen MR) is 72.2 cm³/mol. The summed E-state index contributed by atoms with van der Waals surface area (Å²) in [7, 11) is 0. The highest BCUT2D eigenvalue weighted by molar-refractivity contribution is 4.96. The molecule has 2 atom stereocenters. The standard InChI is InChI=1S/C15H26N2O/c1-3-14(2)12-15(7-11-18-14)6-4-9-17(13-15)10-5-8-16/h3-7,9-13H2,1-2H3. The first-order valence-electron chi connectivity index (χ1n) is 7.35. The predicted octanol–water partition coefficient (Wildman–Crippen LogP) is 2.96. The van der Waals surface area contributed by atoms with Crippen LogP contribution in [0.15, 0.2) is 0 Å². The number of hydrogen-bond donors (Lipinski definition) is 0. The summed E-state index contributed by atoms with van der Waals surface area (Å²) >= 11 is 0. The largest absolute Gasteiger partial charge is 0.375 e. The second-order valence-corrected chi connectivity index (χ2v) is 6.37. The van der Waals surface area contributed by atoms with E-state index in [1.54, 1.807) is 0 Å². The maximum atomic E-state index is 8.72. The Morgan fingerprint density at radius 2 is 2.22 bits per heavy atom. The molecule has 3 heteroatoms. The number of ether oxygens (including phenoxy) is 1. The number of hydrogen-bond acceptors (Lipinski definition) is 3. The van der Waals surface area contributed by atoms with Crippen LogP contribution in [0.3, 0.4) is 0 Å². The van der Waals surface area contributed by atoms with Gasteiger partial charge in [-0.25, -0.2) is 0 Å². The van der Waals surface area contributed by atoms with Gasteiger partial charge < -0.3 is 9.64 Å². The van der Waals surface area contributed by atoms with E-state index in [2.05, 4.69) is 24.8 Å². The first-order chi connectivity index (χ1) is 8.61. The van der Waals surface area contributed by atoms with Crippen LogP contribution in [-0.2, 0) is 4.74 Å². The second-order valence-electron chi connectivity index (χ2n) is 6.37. The third-order valence-electron chi connectivity index (χ3n) is 4.86. The van der Waals surface area contributed by atoms with Gasteiger partial charge in [0.1, 0.15) is 0 Å². The minimum Gasteiger partial charge on any atom is -0.375 e. The molecule has 2 fully saturated rings. The molecule has 2 heterocycles. The third-order valence-corrected chi connectivity index (χ3v) is 4.86. The summed E-state index contributed by atoms with van der Waals surface area (Å²) in [4.78, 5) is 2.49. The van der Waals surface area contributed by atoms with Crippen molar-refractivity contribution in [1.82, 2.24) is 4.90 Å². The molecule has 2 aliphatic rings. The van der Waals surface area contributed by atoms with E-state index in [4.69, 9.17) is 10.00 Å². The van der Waals surface area contributed by atoms with E-state index in [-0.39, 0.29) is 5.60 Å².